The number of benzene rings is 1. The third-order valence-electron chi connectivity index (χ3n) is 4.85. The second-order valence-electron chi connectivity index (χ2n) is 6.81. The van der Waals surface area contributed by atoms with Gasteiger partial charge in [0, 0.05) is 61.1 Å². The summed E-state index contributed by atoms with van der Waals surface area (Å²) in [5, 5.41) is 4.23. The van der Waals surface area contributed by atoms with E-state index in [1.807, 2.05) is 13.2 Å². The summed E-state index contributed by atoms with van der Waals surface area (Å²) < 4.78 is 2.82. The van der Waals surface area contributed by atoms with E-state index in [0.717, 1.165) is 48.4 Å². The summed E-state index contributed by atoms with van der Waals surface area (Å²) in [4.78, 5) is 16.3. The van der Waals surface area contributed by atoms with Gasteiger partial charge in [0.2, 0.25) is 0 Å². The Bertz CT molecular complexity index is 949. The lowest BCUT2D eigenvalue weighted by atomic mass is 10.0. The van der Waals surface area contributed by atoms with Gasteiger partial charge in [0.25, 0.3) is 5.56 Å². The SMILES string of the molecule is Cc1ccc(-c2cn(C)c(=O)c3cc(CN4CCNCC4)sc23)cc1. The first-order chi connectivity index (χ1) is 12.1. The minimum Gasteiger partial charge on any atom is -0.317 e. The van der Waals surface area contributed by atoms with E-state index in [2.05, 4.69) is 47.5 Å². The van der Waals surface area contributed by atoms with Crippen molar-refractivity contribution in [2.45, 2.75) is 13.5 Å². The molecule has 5 heteroatoms. The van der Waals surface area contributed by atoms with Gasteiger partial charge < -0.3 is 9.88 Å². The summed E-state index contributed by atoms with van der Waals surface area (Å²) in [6, 6.07) is 10.6. The van der Waals surface area contributed by atoms with Gasteiger partial charge in [-0.25, -0.2) is 0 Å². The number of rotatable bonds is 3. The fraction of sp³-hybridized carbons (Fsp3) is 0.350. The van der Waals surface area contributed by atoms with Gasteiger partial charge in [0.15, 0.2) is 0 Å². The van der Waals surface area contributed by atoms with Crippen molar-refractivity contribution in [3.05, 3.63) is 57.3 Å². The van der Waals surface area contributed by atoms with E-state index in [1.165, 1.54) is 16.0 Å². The average molecular weight is 353 g/mol. The molecular formula is C20H23N3OS. The zero-order chi connectivity index (χ0) is 17.4. The van der Waals surface area contributed by atoms with Crippen LogP contribution in [0.2, 0.25) is 0 Å². The minimum absolute atomic E-state index is 0.0914. The van der Waals surface area contributed by atoms with E-state index in [4.69, 9.17) is 0 Å². The first-order valence-electron chi connectivity index (χ1n) is 8.74. The van der Waals surface area contributed by atoms with Crippen LogP contribution in [0.3, 0.4) is 0 Å². The van der Waals surface area contributed by atoms with Gasteiger partial charge in [-0.3, -0.25) is 9.69 Å². The fourth-order valence-corrected chi connectivity index (χ4v) is 4.63. The Labute approximate surface area is 151 Å². The first-order valence-corrected chi connectivity index (χ1v) is 9.55. The lowest BCUT2D eigenvalue weighted by Gasteiger charge is -2.26. The molecule has 0 aliphatic carbocycles. The second-order valence-corrected chi connectivity index (χ2v) is 7.94. The number of aryl methyl sites for hydroxylation is 2. The second kappa shape index (κ2) is 6.75. The molecule has 4 rings (SSSR count). The summed E-state index contributed by atoms with van der Waals surface area (Å²) in [6.45, 7) is 7.24. The van der Waals surface area contributed by atoms with E-state index < -0.39 is 0 Å². The largest absolute Gasteiger partial charge is 0.317 e. The molecule has 3 heterocycles. The Kier molecular flexibility index (Phi) is 4.46. The quantitative estimate of drug-likeness (QED) is 0.787. The summed E-state index contributed by atoms with van der Waals surface area (Å²) in [6.07, 6.45) is 1.97. The molecule has 1 aliphatic rings. The smallest absolute Gasteiger partial charge is 0.259 e. The molecule has 0 bridgehead atoms. The average Bonchev–Trinajstić information content (AvgIpc) is 3.04. The normalized spacial score (nSPS) is 15.8. The van der Waals surface area contributed by atoms with Crippen LogP contribution in [-0.2, 0) is 13.6 Å². The molecule has 1 N–H and O–H groups in total. The fourth-order valence-electron chi connectivity index (χ4n) is 3.41. The molecule has 0 atom stereocenters. The third-order valence-corrected chi connectivity index (χ3v) is 6.01. The molecule has 4 nitrogen and oxygen atoms in total. The number of hydrogen-bond acceptors (Lipinski definition) is 4. The molecule has 3 aromatic rings. The van der Waals surface area contributed by atoms with Crippen molar-refractivity contribution >= 4 is 21.4 Å². The highest BCUT2D eigenvalue weighted by Gasteiger charge is 2.16. The number of pyridine rings is 1. The molecule has 1 aliphatic heterocycles. The third kappa shape index (κ3) is 3.27. The predicted molar refractivity (Wildman–Crippen MR) is 105 cm³/mol. The van der Waals surface area contributed by atoms with Gasteiger partial charge in [-0.1, -0.05) is 29.8 Å². The molecule has 25 heavy (non-hydrogen) atoms. The minimum atomic E-state index is 0.0914. The summed E-state index contributed by atoms with van der Waals surface area (Å²) in [5.41, 5.74) is 3.65. The van der Waals surface area contributed by atoms with Gasteiger partial charge >= 0.3 is 0 Å². The van der Waals surface area contributed by atoms with Crippen LogP contribution in [0.25, 0.3) is 21.2 Å². The van der Waals surface area contributed by atoms with Crippen LogP contribution >= 0.6 is 11.3 Å². The van der Waals surface area contributed by atoms with Gasteiger partial charge in [0.1, 0.15) is 0 Å². The molecule has 1 aromatic carbocycles. The first kappa shape index (κ1) is 16.5. The summed E-state index contributed by atoms with van der Waals surface area (Å²) in [7, 11) is 1.84. The lowest BCUT2D eigenvalue weighted by Crippen LogP contribution is -2.42. The number of hydrogen-bond donors (Lipinski definition) is 1. The zero-order valence-corrected chi connectivity index (χ0v) is 15.5. The van der Waals surface area contributed by atoms with Crippen LogP contribution in [0.4, 0.5) is 0 Å². The highest BCUT2D eigenvalue weighted by molar-refractivity contribution is 7.19. The Balaban J connectivity index is 1.79. The van der Waals surface area contributed by atoms with Crippen molar-refractivity contribution in [2.24, 2.45) is 7.05 Å². The zero-order valence-electron chi connectivity index (χ0n) is 14.7. The number of thiophene rings is 1. The van der Waals surface area contributed by atoms with E-state index in [1.54, 1.807) is 15.9 Å². The van der Waals surface area contributed by atoms with Crippen molar-refractivity contribution in [2.75, 3.05) is 26.2 Å². The van der Waals surface area contributed by atoms with Crippen molar-refractivity contribution < 1.29 is 0 Å². The van der Waals surface area contributed by atoms with Crippen LogP contribution in [0.15, 0.2) is 41.3 Å². The van der Waals surface area contributed by atoms with Crippen LogP contribution in [0.5, 0.6) is 0 Å². The van der Waals surface area contributed by atoms with E-state index in [9.17, 15) is 4.79 Å². The van der Waals surface area contributed by atoms with Crippen molar-refractivity contribution in [3.8, 4) is 11.1 Å². The Hall–Kier alpha value is -1.95. The predicted octanol–water partition coefficient (Wildman–Crippen LogP) is 2.98. The molecule has 0 radical (unpaired) electrons. The number of nitrogens with zero attached hydrogens (tertiary/aromatic N) is 2. The molecule has 2 aromatic heterocycles. The molecule has 1 saturated heterocycles. The van der Waals surface area contributed by atoms with Crippen LogP contribution < -0.4 is 10.9 Å². The van der Waals surface area contributed by atoms with Crippen molar-refractivity contribution in [1.29, 1.82) is 0 Å². The van der Waals surface area contributed by atoms with Gasteiger partial charge in [-0.2, -0.15) is 0 Å². The molecule has 130 valence electrons. The standard InChI is InChI=1S/C20H23N3OS/c1-14-3-5-15(6-4-14)18-13-22(2)20(24)17-11-16(25-19(17)18)12-23-9-7-21-8-10-23/h3-6,11,13,21H,7-10,12H2,1-2H3. The number of fused-ring (bicyclic) bond motifs is 1. The molecule has 0 spiro atoms. The maximum Gasteiger partial charge on any atom is 0.259 e. The number of nitrogens with one attached hydrogen (secondary N) is 1. The van der Waals surface area contributed by atoms with Crippen LogP contribution in [-0.4, -0.2) is 35.6 Å². The van der Waals surface area contributed by atoms with Crippen molar-refractivity contribution in [1.82, 2.24) is 14.8 Å². The molecule has 1 fully saturated rings. The Morgan fingerprint density at radius 1 is 1.16 bits per heavy atom. The Morgan fingerprint density at radius 2 is 1.88 bits per heavy atom. The van der Waals surface area contributed by atoms with Crippen LogP contribution in [0.1, 0.15) is 10.4 Å². The molecular weight excluding hydrogens is 330 g/mol. The highest BCUT2D eigenvalue weighted by atomic mass is 32.1. The maximum absolute atomic E-state index is 12.6. The van der Waals surface area contributed by atoms with E-state index in [-0.39, 0.29) is 5.56 Å². The van der Waals surface area contributed by atoms with Gasteiger partial charge in [-0.15, -0.1) is 11.3 Å². The molecule has 0 unspecified atom stereocenters. The van der Waals surface area contributed by atoms with Gasteiger partial charge in [0.05, 0.1) is 5.39 Å². The Morgan fingerprint density at radius 3 is 2.60 bits per heavy atom. The molecule has 0 amide bonds. The highest BCUT2D eigenvalue weighted by Crippen LogP contribution is 2.33. The van der Waals surface area contributed by atoms with E-state index in [0.29, 0.717) is 0 Å². The number of piperazine rings is 1. The van der Waals surface area contributed by atoms with Crippen LogP contribution in [0, 0.1) is 6.92 Å². The lowest BCUT2D eigenvalue weighted by molar-refractivity contribution is 0.235. The molecule has 0 saturated carbocycles. The van der Waals surface area contributed by atoms with Gasteiger partial charge in [-0.05, 0) is 18.6 Å². The monoisotopic (exact) mass is 353 g/mol. The topological polar surface area (TPSA) is 37.3 Å². The summed E-state index contributed by atoms with van der Waals surface area (Å²) in [5.74, 6) is 0. The number of aromatic nitrogens is 1. The maximum atomic E-state index is 12.6. The van der Waals surface area contributed by atoms with Crippen molar-refractivity contribution in [3.63, 3.8) is 0 Å². The summed E-state index contributed by atoms with van der Waals surface area (Å²) >= 11 is 1.76. The van der Waals surface area contributed by atoms with E-state index >= 15 is 0 Å².